The molecule has 2 amide bonds. The first kappa shape index (κ1) is 11.4. The molecule has 1 saturated carbocycles. The van der Waals surface area contributed by atoms with Gasteiger partial charge in [0.25, 0.3) is 0 Å². The van der Waals surface area contributed by atoms with Crippen LogP contribution in [0.2, 0.25) is 0 Å². The average molecular weight is 236 g/mol. The normalized spacial score (nSPS) is 15.1. The molecule has 1 fully saturated rings. The number of carbonyl (C=O) groups is 1. The Morgan fingerprint density at radius 2 is 2.35 bits per heavy atom. The monoisotopic (exact) mass is 236 g/mol. The van der Waals surface area contributed by atoms with Crippen LogP contribution in [0.1, 0.15) is 24.8 Å². The van der Waals surface area contributed by atoms with Gasteiger partial charge in [-0.05, 0) is 19.3 Å². The van der Waals surface area contributed by atoms with Gasteiger partial charge in [0.2, 0.25) is 0 Å². The summed E-state index contributed by atoms with van der Waals surface area (Å²) >= 11 is 0. The SMILES string of the molecule is Cn1ncc(C(=N)N)c1NC(=O)NC1CCC1. The van der Waals surface area contributed by atoms with Crippen LogP contribution < -0.4 is 16.4 Å². The smallest absolute Gasteiger partial charge is 0.320 e. The first-order valence-electron chi connectivity index (χ1n) is 5.52. The number of carbonyl (C=O) groups excluding carboxylic acids is 1. The Balaban J connectivity index is 2.03. The molecule has 0 unspecified atom stereocenters. The Morgan fingerprint density at radius 1 is 1.65 bits per heavy atom. The maximum Gasteiger partial charge on any atom is 0.320 e. The zero-order chi connectivity index (χ0) is 12.4. The van der Waals surface area contributed by atoms with Crippen LogP contribution in [0, 0.1) is 5.41 Å². The summed E-state index contributed by atoms with van der Waals surface area (Å²) in [6, 6.07) is -0.00944. The van der Waals surface area contributed by atoms with Crippen molar-refractivity contribution in [3.05, 3.63) is 11.8 Å². The van der Waals surface area contributed by atoms with Gasteiger partial charge in [0.05, 0.1) is 11.8 Å². The van der Waals surface area contributed by atoms with Gasteiger partial charge in [-0.25, -0.2) is 4.79 Å². The zero-order valence-electron chi connectivity index (χ0n) is 9.66. The number of nitrogens with one attached hydrogen (secondary N) is 3. The third-order valence-electron chi connectivity index (χ3n) is 2.90. The number of nitrogen functional groups attached to an aromatic ring is 1. The summed E-state index contributed by atoms with van der Waals surface area (Å²) in [4.78, 5) is 11.7. The summed E-state index contributed by atoms with van der Waals surface area (Å²) in [6.45, 7) is 0. The van der Waals surface area contributed by atoms with E-state index in [0.717, 1.165) is 19.3 Å². The van der Waals surface area contributed by atoms with Crippen molar-refractivity contribution in [3.63, 3.8) is 0 Å². The number of amides is 2. The fraction of sp³-hybridized carbons (Fsp3) is 0.500. The third-order valence-corrected chi connectivity index (χ3v) is 2.90. The number of nitrogens with two attached hydrogens (primary N) is 1. The molecule has 92 valence electrons. The molecule has 0 bridgehead atoms. The van der Waals surface area contributed by atoms with E-state index < -0.39 is 0 Å². The quantitative estimate of drug-likeness (QED) is 0.450. The molecule has 1 aliphatic rings. The molecule has 1 aliphatic carbocycles. The number of urea groups is 1. The lowest BCUT2D eigenvalue weighted by Gasteiger charge is -2.26. The fourth-order valence-corrected chi connectivity index (χ4v) is 1.66. The van der Waals surface area contributed by atoms with Crippen LogP contribution in [-0.2, 0) is 7.05 Å². The minimum Gasteiger partial charge on any atom is -0.384 e. The van der Waals surface area contributed by atoms with E-state index in [9.17, 15) is 4.79 Å². The lowest BCUT2D eigenvalue weighted by molar-refractivity contribution is 0.240. The molecule has 0 aromatic carbocycles. The van der Waals surface area contributed by atoms with Crippen molar-refractivity contribution < 1.29 is 4.79 Å². The van der Waals surface area contributed by atoms with Crippen molar-refractivity contribution >= 4 is 17.7 Å². The van der Waals surface area contributed by atoms with Crippen LogP contribution in [0.4, 0.5) is 10.6 Å². The van der Waals surface area contributed by atoms with Gasteiger partial charge in [-0.15, -0.1) is 0 Å². The second-order valence-corrected chi connectivity index (χ2v) is 4.17. The molecule has 0 aliphatic heterocycles. The van der Waals surface area contributed by atoms with E-state index in [1.54, 1.807) is 7.05 Å². The molecule has 0 saturated heterocycles. The lowest BCUT2D eigenvalue weighted by Crippen LogP contribution is -2.42. The highest BCUT2D eigenvalue weighted by atomic mass is 16.2. The molecule has 7 heteroatoms. The maximum absolute atomic E-state index is 11.7. The molecule has 1 aromatic rings. The van der Waals surface area contributed by atoms with Crippen LogP contribution in [0.15, 0.2) is 6.20 Å². The first-order chi connectivity index (χ1) is 8.08. The minimum atomic E-state index is -0.277. The van der Waals surface area contributed by atoms with Crippen molar-refractivity contribution in [1.29, 1.82) is 5.41 Å². The second kappa shape index (κ2) is 4.44. The predicted octanol–water partition coefficient (Wildman–Crippen LogP) is 0.378. The average Bonchev–Trinajstić information content (AvgIpc) is 2.55. The van der Waals surface area contributed by atoms with Crippen molar-refractivity contribution in [3.8, 4) is 0 Å². The number of aryl methyl sites for hydroxylation is 1. The summed E-state index contributed by atoms with van der Waals surface area (Å²) in [6.07, 6.45) is 4.67. The van der Waals surface area contributed by atoms with Crippen molar-refractivity contribution in [2.24, 2.45) is 12.8 Å². The first-order valence-corrected chi connectivity index (χ1v) is 5.52. The standard InChI is InChI=1S/C10H16N6O/c1-16-9(7(5-13-16)8(11)12)15-10(17)14-6-3-2-4-6/h5-6H,2-4H2,1H3,(H3,11,12)(H2,14,15,17). The number of amidine groups is 1. The summed E-state index contributed by atoms with van der Waals surface area (Å²) in [5, 5.41) is 16.8. The third kappa shape index (κ3) is 2.38. The largest absolute Gasteiger partial charge is 0.384 e. The van der Waals surface area contributed by atoms with E-state index in [-0.39, 0.29) is 17.9 Å². The molecule has 0 atom stereocenters. The Bertz CT molecular complexity index is 448. The minimum absolute atomic E-state index is 0.114. The van der Waals surface area contributed by atoms with Gasteiger partial charge < -0.3 is 11.1 Å². The molecule has 7 nitrogen and oxygen atoms in total. The van der Waals surface area contributed by atoms with Crippen LogP contribution in [0.3, 0.4) is 0 Å². The molecular weight excluding hydrogens is 220 g/mol. The molecule has 1 aromatic heterocycles. The van der Waals surface area contributed by atoms with Gasteiger partial charge in [0.15, 0.2) is 0 Å². The lowest BCUT2D eigenvalue weighted by atomic mass is 9.93. The molecule has 5 N–H and O–H groups in total. The summed E-state index contributed by atoms with van der Waals surface area (Å²) in [5.41, 5.74) is 5.83. The van der Waals surface area contributed by atoms with E-state index in [1.165, 1.54) is 10.9 Å². The Hall–Kier alpha value is -2.05. The van der Waals surface area contributed by atoms with Gasteiger partial charge in [-0.2, -0.15) is 5.10 Å². The fourth-order valence-electron chi connectivity index (χ4n) is 1.66. The van der Waals surface area contributed by atoms with Crippen molar-refractivity contribution in [2.75, 3.05) is 5.32 Å². The summed E-state index contributed by atoms with van der Waals surface area (Å²) in [5.74, 6) is 0.325. The Kier molecular flexibility index (Phi) is 2.99. The summed E-state index contributed by atoms with van der Waals surface area (Å²) < 4.78 is 1.48. The highest BCUT2D eigenvalue weighted by molar-refractivity contribution is 6.02. The van der Waals surface area contributed by atoms with Crippen LogP contribution >= 0.6 is 0 Å². The number of aromatic nitrogens is 2. The van der Waals surface area contributed by atoms with E-state index in [0.29, 0.717) is 11.4 Å². The molecule has 17 heavy (non-hydrogen) atoms. The van der Waals surface area contributed by atoms with E-state index in [4.69, 9.17) is 11.1 Å². The Morgan fingerprint density at radius 3 is 2.88 bits per heavy atom. The number of hydrogen-bond donors (Lipinski definition) is 4. The van der Waals surface area contributed by atoms with Crippen molar-refractivity contribution in [2.45, 2.75) is 25.3 Å². The van der Waals surface area contributed by atoms with Crippen LogP contribution in [0.5, 0.6) is 0 Å². The predicted molar refractivity (Wildman–Crippen MR) is 64.0 cm³/mol. The van der Waals surface area contributed by atoms with Gasteiger partial charge in [0, 0.05) is 13.1 Å². The number of nitrogens with zero attached hydrogens (tertiary/aromatic N) is 2. The molecule has 0 spiro atoms. The van der Waals surface area contributed by atoms with Gasteiger partial charge in [-0.3, -0.25) is 15.4 Å². The van der Waals surface area contributed by atoms with Gasteiger partial charge in [-0.1, -0.05) is 0 Å². The zero-order valence-corrected chi connectivity index (χ0v) is 9.66. The topological polar surface area (TPSA) is 109 Å². The van der Waals surface area contributed by atoms with Crippen LogP contribution in [-0.4, -0.2) is 27.7 Å². The number of hydrogen-bond acceptors (Lipinski definition) is 3. The highest BCUT2D eigenvalue weighted by Crippen LogP contribution is 2.18. The van der Waals surface area contributed by atoms with E-state index in [1.807, 2.05) is 0 Å². The van der Waals surface area contributed by atoms with Gasteiger partial charge >= 0.3 is 6.03 Å². The second-order valence-electron chi connectivity index (χ2n) is 4.17. The maximum atomic E-state index is 11.7. The number of anilines is 1. The van der Waals surface area contributed by atoms with E-state index in [2.05, 4.69) is 15.7 Å². The molecule has 0 radical (unpaired) electrons. The number of rotatable bonds is 3. The highest BCUT2D eigenvalue weighted by Gasteiger charge is 2.20. The molecule has 2 rings (SSSR count). The van der Waals surface area contributed by atoms with Crippen LogP contribution in [0.25, 0.3) is 0 Å². The van der Waals surface area contributed by atoms with Gasteiger partial charge in [0.1, 0.15) is 11.7 Å². The summed E-state index contributed by atoms with van der Waals surface area (Å²) in [7, 11) is 1.69. The van der Waals surface area contributed by atoms with Crippen molar-refractivity contribution in [1.82, 2.24) is 15.1 Å². The molecular formula is C10H16N6O. The molecule has 1 heterocycles. The Labute approximate surface area is 98.9 Å². The van der Waals surface area contributed by atoms with E-state index >= 15 is 0 Å².